The molecule has 2 aromatic carbocycles. The number of hydrogen-bond acceptors (Lipinski definition) is 7. The summed E-state index contributed by atoms with van der Waals surface area (Å²) in [7, 11) is 1.34. The molecule has 1 N–H and O–H groups in total. The summed E-state index contributed by atoms with van der Waals surface area (Å²) in [5, 5.41) is 2.19. The van der Waals surface area contributed by atoms with Crippen LogP contribution in [0.2, 0.25) is 0 Å². The van der Waals surface area contributed by atoms with Gasteiger partial charge in [0.15, 0.2) is 0 Å². The number of amides is 3. The highest BCUT2D eigenvalue weighted by Crippen LogP contribution is 2.34. The predicted molar refractivity (Wildman–Crippen MR) is 150 cm³/mol. The minimum Gasteiger partial charge on any atom is -0.494 e. The van der Waals surface area contributed by atoms with E-state index in [2.05, 4.69) is 5.32 Å². The van der Waals surface area contributed by atoms with Gasteiger partial charge < -0.3 is 19.4 Å². The van der Waals surface area contributed by atoms with Crippen LogP contribution in [0.4, 0.5) is 10.5 Å². The van der Waals surface area contributed by atoms with Crippen LogP contribution in [0.1, 0.15) is 39.8 Å². The number of rotatable bonds is 8. The molecule has 1 aromatic heterocycles. The van der Waals surface area contributed by atoms with Crippen molar-refractivity contribution in [1.29, 1.82) is 0 Å². The van der Waals surface area contributed by atoms with Crippen molar-refractivity contribution in [2.24, 2.45) is 0 Å². The van der Waals surface area contributed by atoms with Gasteiger partial charge in [-0.05, 0) is 99.1 Å². The highest BCUT2D eigenvalue weighted by atomic mass is 32.2. The van der Waals surface area contributed by atoms with Gasteiger partial charge in [-0.2, -0.15) is 0 Å². The van der Waals surface area contributed by atoms with Gasteiger partial charge >= 0.3 is 5.97 Å². The third-order valence-corrected chi connectivity index (χ3v) is 7.16. The number of hydrogen-bond donors (Lipinski definition) is 1. The second-order valence-corrected chi connectivity index (χ2v) is 9.92. The molecular formula is C29H29N3O6S. The van der Waals surface area contributed by atoms with Gasteiger partial charge in [0, 0.05) is 22.8 Å². The van der Waals surface area contributed by atoms with E-state index in [1.807, 2.05) is 44.4 Å². The van der Waals surface area contributed by atoms with Crippen molar-refractivity contribution < 1.29 is 28.7 Å². The average Bonchev–Trinajstić information content (AvgIpc) is 3.33. The van der Waals surface area contributed by atoms with E-state index in [1.54, 1.807) is 42.5 Å². The fourth-order valence-electron chi connectivity index (χ4n) is 4.32. The van der Waals surface area contributed by atoms with Crippen LogP contribution in [0.15, 0.2) is 53.4 Å². The highest BCUT2D eigenvalue weighted by molar-refractivity contribution is 8.18. The average molecular weight is 548 g/mol. The zero-order valence-corrected chi connectivity index (χ0v) is 23.2. The van der Waals surface area contributed by atoms with Crippen LogP contribution in [-0.2, 0) is 14.3 Å². The Bertz CT molecular complexity index is 1490. The molecule has 202 valence electrons. The van der Waals surface area contributed by atoms with Crippen molar-refractivity contribution in [3.63, 3.8) is 0 Å². The number of ether oxygens (including phenoxy) is 2. The maximum Gasteiger partial charge on any atom is 0.337 e. The Morgan fingerprint density at radius 3 is 2.41 bits per heavy atom. The molecular weight excluding hydrogens is 518 g/mol. The maximum atomic E-state index is 13.1. The summed E-state index contributed by atoms with van der Waals surface area (Å²) in [6.45, 7) is 7.78. The topological polar surface area (TPSA) is 107 Å². The second-order valence-electron chi connectivity index (χ2n) is 8.93. The number of nitrogens with zero attached hydrogens (tertiary/aromatic N) is 2. The van der Waals surface area contributed by atoms with Crippen LogP contribution in [0.25, 0.3) is 11.8 Å². The quantitative estimate of drug-likeness (QED) is 0.303. The van der Waals surface area contributed by atoms with Crippen molar-refractivity contribution in [2.75, 3.05) is 25.6 Å². The summed E-state index contributed by atoms with van der Waals surface area (Å²) >= 11 is 0.796. The minimum atomic E-state index is -0.527. The van der Waals surface area contributed by atoms with Gasteiger partial charge in [-0.1, -0.05) is 6.07 Å². The predicted octanol–water partition coefficient (Wildman–Crippen LogP) is 5.26. The van der Waals surface area contributed by atoms with Crippen molar-refractivity contribution in [3.05, 3.63) is 81.5 Å². The van der Waals surface area contributed by atoms with E-state index < -0.39 is 29.6 Å². The van der Waals surface area contributed by atoms with Gasteiger partial charge in [0.1, 0.15) is 12.3 Å². The molecule has 0 spiro atoms. The molecule has 2 heterocycles. The first-order valence-corrected chi connectivity index (χ1v) is 13.1. The van der Waals surface area contributed by atoms with Gasteiger partial charge in [-0.25, -0.2) is 4.79 Å². The zero-order chi connectivity index (χ0) is 28.3. The van der Waals surface area contributed by atoms with Gasteiger partial charge in [0.2, 0.25) is 5.91 Å². The molecule has 9 nitrogen and oxygen atoms in total. The summed E-state index contributed by atoms with van der Waals surface area (Å²) in [6.07, 6.45) is 1.66. The van der Waals surface area contributed by atoms with E-state index in [0.717, 1.165) is 44.9 Å². The van der Waals surface area contributed by atoms with Crippen molar-refractivity contribution in [2.45, 2.75) is 27.7 Å². The Morgan fingerprint density at radius 1 is 1.03 bits per heavy atom. The molecule has 0 aliphatic carbocycles. The van der Waals surface area contributed by atoms with Crippen LogP contribution in [0, 0.1) is 20.8 Å². The first-order chi connectivity index (χ1) is 18.6. The first-order valence-electron chi connectivity index (χ1n) is 12.3. The lowest BCUT2D eigenvalue weighted by atomic mass is 10.1. The number of aromatic nitrogens is 1. The number of imide groups is 1. The Hall–Kier alpha value is -4.31. The number of thioether (sulfide) groups is 1. The number of anilines is 1. The molecule has 1 aliphatic rings. The lowest BCUT2D eigenvalue weighted by Gasteiger charge is -2.14. The van der Waals surface area contributed by atoms with Crippen LogP contribution >= 0.6 is 11.8 Å². The molecule has 0 saturated carbocycles. The summed E-state index contributed by atoms with van der Waals surface area (Å²) in [6, 6.07) is 14.1. The van der Waals surface area contributed by atoms with E-state index in [4.69, 9.17) is 9.47 Å². The zero-order valence-electron chi connectivity index (χ0n) is 22.4. The number of nitrogens with one attached hydrogen (secondary N) is 1. The fraction of sp³-hybridized carbons (Fsp3) is 0.241. The lowest BCUT2D eigenvalue weighted by Crippen LogP contribution is -2.36. The molecule has 3 amide bonds. The largest absolute Gasteiger partial charge is 0.494 e. The molecule has 1 saturated heterocycles. The molecule has 0 radical (unpaired) electrons. The van der Waals surface area contributed by atoms with E-state index in [9.17, 15) is 19.2 Å². The van der Waals surface area contributed by atoms with E-state index in [1.165, 1.54) is 7.11 Å². The molecule has 0 bridgehead atoms. The molecule has 39 heavy (non-hydrogen) atoms. The molecule has 1 aliphatic heterocycles. The Labute approximate surface area is 230 Å². The third kappa shape index (κ3) is 5.91. The van der Waals surface area contributed by atoms with E-state index in [-0.39, 0.29) is 4.91 Å². The smallest absolute Gasteiger partial charge is 0.337 e. The van der Waals surface area contributed by atoms with Gasteiger partial charge in [0.05, 0.1) is 24.2 Å². The van der Waals surface area contributed by atoms with Crippen LogP contribution in [0.5, 0.6) is 5.75 Å². The normalized spacial score (nSPS) is 14.2. The number of carbonyl (C=O) groups excluding carboxylic acids is 4. The van der Waals surface area contributed by atoms with Gasteiger partial charge in [-0.15, -0.1) is 0 Å². The van der Waals surface area contributed by atoms with Gasteiger partial charge in [-0.3, -0.25) is 19.3 Å². The molecule has 3 aromatic rings. The van der Waals surface area contributed by atoms with E-state index in [0.29, 0.717) is 23.6 Å². The third-order valence-electron chi connectivity index (χ3n) is 6.25. The summed E-state index contributed by atoms with van der Waals surface area (Å²) in [4.78, 5) is 51.5. The second kappa shape index (κ2) is 11.6. The first kappa shape index (κ1) is 27.7. The Morgan fingerprint density at radius 2 is 1.74 bits per heavy atom. The number of aryl methyl sites for hydroxylation is 2. The summed E-state index contributed by atoms with van der Waals surface area (Å²) in [5.74, 6) is -0.765. The number of methoxy groups -OCH3 is 1. The summed E-state index contributed by atoms with van der Waals surface area (Å²) < 4.78 is 12.2. The van der Waals surface area contributed by atoms with Crippen LogP contribution in [0.3, 0.4) is 0 Å². The minimum absolute atomic E-state index is 0.231. The van der Waals surface area contributed by atoms with Crippen molar-refractivity contribution in [3.8, 4) is 11.4 Å². The molecule has 1 fully saturated rings. The Kier molecular flexibility index (Phi) is 8.25. The van der Waals surface area contributed by atoms with Gasteiger partial charge in [0.25, 0.3) is 11.1 Å². The summed E-state index contributed by atoms with van der Waals surface area (Å²) in [5.41, 5.74) is 5.19. The molecule has 0 unspecified atom stereocenters. The highest BCUT2D eigenvalue weighted by Gasteiger charge is 2.36. The molecule has 4 rings (SSSR count). The number of esters is 1. The number of benzene rings is 2. The van der Waals surface area contributed by atoms with Crippen molar-refractivity contribution >= 4 is 46.5 Å². The number of carbonyl (C=O) groups is 4. The fourth-order valence-corrected chi connectivity index (χ4v) is 5.15. The SMILES string of the molecule is CCOc1ccc(NC(=O)CN2C(=O)S/C(=C/c3cc(C)n(-c4cc(C(=O)OC)ccc4C)c3C)C2=O)cc1. The molecule has 0 atom stereocenters. The van der Waals surface area contributed by atoms with Crippen LogP contribution < -0.4 is 10.1 Å². The van der Waals surface area contributed by atoms with Crippen molar-refractivity contribution in [1.82, 2.24) is 9.47 Å². The van der Waals surface area contributed by atoms with E-state index >= 15 is 0 Å². The molecule has 10 heteroatoms. The maximum absolute atomic E-state index is 13.1. The van der Waals surface area contributed by atoms with Crippen LogP contribution in [-0.4, -0.2) is 52.8 Å². The standard InChI is InChI=1S/C29H29N3O6S/c1-6-38-23-11-9-22(10-12-23)30-26(33)16-31-27(34)25(39-29(31)36)15-21-13-18(3)32(19(21)4)24-14-20(28(35)37-5)8-7-17(24)2/h7-15H,6,16H2,1-5H3,(H,30,33)/b25-15+. The monoisotopic (exact) mass is 547 g/mol. The lowest BCUT2D eigenvalue weighted by molar-refractivity contribution is -0.127. The Balaban J connectivity index is 1.53.